The van der Waals surface area contributed by atoms with Gasteiger partial charge in [-0.1, -0.05) is 26.3 Å². The Balaban J connectivity index is 1.58. The fourth-order valence-electron chi connectivity index (χ4n) is 6.43. The van der Waals surface area contributed by atoms with Crippen LogP contribution in [-0.2, 0) is 18.0 Å². The SMILES string of the molecule is CCCC/C(N)=C(/C#N)c1c(C)ccc(F)c1-c1c2c(c3cnc(N4CC(C)C5(CC5)C4)nc3c1F)COC2. The van der Waals surface area contributed by atoms with E-state index in [0.29, 0.717) is 51.5 Å². The molecule has 39 heavy (non-hydrogen) atoms. The largest absolute Gasteiger partial charge is 0.401 e. The van der Waals surface area contributed by atoms with Crippen molar-refractivity contribution in [2.24, 2.45) is 17.1 Å². The molecule has 3 aliphatic rings. The molecule has 2 aliphatic heterocycles. The van der Waals surface area contributed by atoms with Crippen molar-refractivity contribution in [3.8, 4) is 17.2 Å². The highest BCUT2D eigenvalue weighted by Crippen LogP contribution is 2.56. The Morgan fingerprint density at radius 1 is 1.23 bits per heavy atom. The second kappa shape index (κ2) is 9.56. The maximum atomic E-state index is 16.7. The smallest absolute Gasteiger partial charge is 0.226 e. The van der Waals surface area contributed by atoms with E-state index >= 15 is 8.78 Å². The first kappa shape index (κ1) is 25.7. The van der Waals surface area contributed by atoms with E-state index in [2.05, 4.69) is 22.9 Å². The minimum atomic E-state index is -0.624. The molecule has 2 fully saturated rings. The van der Waals surface area contributed by atoms with Crippen LogP contribution in [-0.4, -0.2) is 23.1 Å². The molecule has 3 heterocycles. The zero-order chi connectivity index (χ0) is 27.5. The summed E-state index contributed by atoms with van der Waals surface area (Å²) in [4.78, 5) is 11.5. The lowest BCUT2D eigenvalue weighted by Crippen LogP contribution is -2.22. The van der Waals surface area contributed by atoms with E-state index in [-0.39, 0.29) is 35.4 Å². The number of hydrogen-bond acceptors (Lipinski definition) is 6. The minimum Gasteiger partial charge on any atom is -0.401 e. The summed E-state index contributed by atoms with van der Waals surface area (Å²) in [5.41, 5.74) is 9.86. The molecule has 0 bridgehead atoms. The highest BCUT2D eigenvalue weighted by atomic mass is 19.1. The number of unbranched alkanes of at least 4 members (excludes halogenated alkanes) is 1. The van der Waals surface area contributed by atoms with Crippen LogP contribution in [0.2, 0.25) is 0 Å². The summed E-state index contributed by atoms with van der Waals surface area (Å²) in [7, 11) is 0. The third-order valence-electron chi connectivity index (χ3n) is 9.00. The second-order valence-corrected chi connectivity index (χ2v) is 11.4. The van der Waals surface area contributed by atoms with Crippen molar-refractivity contribution >= 4 is 22.4 Å². The summed E-state index contributed by atoms with van der Waals surface area (Å²) in [6.45, 7) is 8.18. The van der Waals surface area contributed by atoms with Crippen molar-refractivity contribution in [3.63, 3.8) is 0 Å². The van der Waals surface area contributed by atoms with E-state index < -0.39 is 11.6 Å². The number of nitrogens with two attached hydrogens (primary N) is 1. The molecule has 1 atom stereocenters. The van der Waals surface area contributed by atoms with Crippen molar-refractivity contribution in [1.82, 2.24) is 9.97 Å². The van der Waals surface area contributed by atoms with Gasteiger partial charge >= 0.3 is 0 Å². The summed E-state index contributed by atoms with van der Waals surface area (Å²) >= 11 is 0. The van der Waals surface area contributed by atoms with Crippen molar-refractivity contribution in [1.29, 1.82) is 5.26 Å². The number of halogens is 2. The fourth-order valence-corrected chi connectivity index (χ4v) is 6.43. The van der Waals surface area contributed by atoms with Crippen molar-refractivity contribution < 1.29 is 13.5 Å². The predicted molar refractivity (Wildman–Crippen MR) is 147 cm³/mol. The molecule has 6 nitrogen and oxygen atoms in total. The number of nitriles is 1. The number of rotatable bonds is 6. The summed E-state index contributed by atoms with van der Waals surface area (Å²) in [5, 5.41) is 10.7. The first-order valence-electron chi connectivity index (χ1n) is 13.8. The summed E-state index contributed by atoms with van der Waals surface area (Å²) < 4.78 is 38.3. The molecule has 0 radical (unpaired) electrons. The number of nitrogens with zero attached hydrogens (tertiary/aromatic N) is 4. The van der Waals surface area contributed by atoms with Crippen LogP contribution in [0.1, 0.15) is 68.2 Å². The zero-order valence-corrected chi connectivity index (χ0v) is 22.7. The molecule has 1 aliphatic carbocycles. The minimum absolute atomic E-state index is 0.0408. The van der Waals surface area contributed by atoms with Crippen LogP contribution in [0.25, 0.3) is 27.6 Å². The average molecular weight is 530 g/mol. The Morgan fingerprint density at radius 3 is 2.69 bits per heavy atom. The summed E-state index contributed by atoms with van der Waals surface area (Å²) in [6, 6.07) is 5.13. The normalized spacial score (nSPS) is 19.9. The molecule has 2 aromatic carbocycles. The van der Waals surface area contributed by atoms with Crippen LogP contribution in [0.15, 0.2) is 24.0 Å². The van der Waals surface area contributed by atoms with Crippen LogP contribution in [0.5, 0.6) is 0 Å². The van der Waals surface area contributed by atoms with E-state index in [0.717, 1.165) is 31.5 Å². The van der Waals surface area contributed by atoms with Gasteiger partial charge < -0.3 is 15.4 Å². The predicted octanol–water partition coefficient (Wildman–Crippen LogP) is 6.53. The third kappa shape index (κ3) is 4.06. The molecule has 3 aromatic rings. The number of hydrogen-bond donors (Lipinski definition) is 1. The molecular formula is C31H33F2N5O. The van der Waals surface area contributed by atoms with Crippen LogP contribution >= 0.6 is 0 Å². The molecule has 1 spiro atoms. The monoisotopic (exact) mass is 529 g/mol. The number of anilines is 1. The van der Waals surface area contributed by atoms with E-state index in [4.69, 9.17) is 15.5 Å². The Labute approximate surface area is 227 Å². The lowest BCUT2D eigenvalue weighted by Gasteiger charge is -2.20. The van der Waals surface area contributed by atoms with Gasteiger partial charge in [0.1, 0.15) is 17.4 Å². The highest BCUT2D eigenvalue weighted by Gasteiger charge is 2.53. The molecule has 1 saturated heterocycles. The van der Waals surface area contributed by atoms with Gasteiger partial charge in [0.25, 0.3) is 0 Å². The first-order valence-corrected chi connectivity index (χ1v) is 13.8. The van der Waals surface area contributed by atoms with Crippen LogP contribution in [0.3, 0.4) is 0 Å². The van der Waals surface area contributed by atoms with Gasteiger partial charge in [0, 0.05) is 47.1 Å². The lowest BCUT2D eigenvalue weighted by atomic mass is 9.85. The fraction of sp³-hybridized carbons (Fsp3) is 0.452. The molecule has 1 unspecified atom stereocenters. The van der Waals surface area contributed by atoms with Gasteiger partial charge in [-0.2, -0.15) is 5.26 Å². The number of aryl methyl sites for hydroxylation is 1. The van der Waals surface area contributed by atoms with Crippen LogP contribution in [0, 0.1) is 41.2 Å². The van der Waals surface area contributed by atoms with Gasteiger partial charge in [0.2, 0.25) is 5.95 Å². The van der Waals surface area contributed by atoms with Gasteiger partial charge in [0.05, 0.1) is 18.8 Å². The van der Waals surface area contributed by atoms with E-state index in [1.54, 1.807) is 19.2 Å². The van der Waals surface area contributed by atoms with Crippen molar-refractivity contribution in [3.05, 3.63) is 57.9 Å². The van der Waals surface area contributed by atoms with E-state index in [1.807, 2.05) is 6.92 Å². The zero-order valence-electron chi connectivity index (χ0n) is 22.7. The standard InChI is InChI=1S/C31H33F2N5O/c1-4-5-6-24(35)19(11-34)25-17(2)7-8-23(32)27(25)26-22-15-39-14-21(22)20-12-36-30(37-29(20)28(26)33)38-13-18(3)31(16-38)9-10-31/h7-8,12,18H,4-6,9-10,13-16,35H2,1-3H3/b24-19+. The van der Waals surface area contributed by atoms with Crippen LogP contribution < -0.4 is 10.6 Å². The summed E-state index contributed by atoms with van der Waals surface area (Å²) in [5.74, 6) is -0.212. The van der Waals surface area contributed by atoms with Crippen molar-refractivity contribution in [2.45, 2.75) is 66.1 Å². The molecule has 0 amide bonds. The van der Waals surface area contributed by atoms with Gasteiger partial charge in [-0.05, 0) is 66.7 Å². The summed E-state index contributed by atoms with van der Waals surface area (Å²) in [6.07, 6.45) is 6.28. The number of benzene rings is 2. The molecule has 8 heteroatoms. The van der Waals surface area contributed by atoms with E-state index in [1.165, 1.54) is 18.9 Å². The molecule has 202 valence electrons. The van der Waals surface area contributed by atoms with Gasteiger partial charge in [-0.25, -0.2) is 18.7 Å². The number of allylic oxidation sites excluding steroid dienone is 2. The lowest BCUT2D eigenvalue weighted by molar-refractivity contribution is 0.135. The molecule has 2 N–H and O–H groups in total. The van der Waals surface area contributed by atoms with Gasteiger partial charge in [-0.3, -0.25) is 0 Å². The number of aromatic nitrogens is 2. The van der Waals surface area contributed by atoms with E-state index in [9.17, 15) is 5.26 Å². The molecule has 6 rings (SSSR count). The second-order valence-electron chi connectivity index (χ2n) is 11.4. The highest BCUT2D eigenvalue weighted by molar-refractivity contribution is 5.96. The average Bonchev–Trinajstić information content (AvgIpc) is 3.42. The van der Waals surface area contributed by atoms with Crippen LogP contribution in [0.4, 0.5) is 14.7 Å². The van der Waals surface area contributed by atoms with Crippen molar-refractivity contribution in [2.75, 3.05) is 18.0 Å². The Bertz CT molecular complexity index is 1570. The Morgan fingerprint density at radius 2 is 2.00 bits per heavy atom. The Kier molecular flexibility index (Phi) is 6.30. The maximum absolute atomic E-state index is 16.7. The number of fused-ring (bicyclic) bond motifs is 3. The molecular weight excluding hydrogens is 496 g/mol. The molecule has 1 aromatic heterocycles. The quantitative estimate of drug-likeness (QED) is 0.365. The Hall–Kier alpha value is -3.57. The van der Waals surface area contributed by atoms with Gasteiger partial charge in [-0.15, -0.1) is 0 Å². The maximum Gasteiger partial charge on any atom is 0.226 e. The first-order chi connectivity index (χ1) is 18.8. The third-order valence-corrected chi connectivity index (χ3v) is 9.00. The molecule has 1 saturated carbocycles. The topological polar surface area (TPSA) is 88.1 Å². The number of ether oxygens (including phenoxy) is 1. The van der Waals surface area contributed by atoms with Gasteiger partial charge in [0.15, 0.2) is 5.82 Å².